The Morgan fingerprint density at radius 1 is 1.12 bits per heavy atom. The van der Waals surface area contributed by atoms with Crippen LogP contribution in [0.25, 0.3) is 10.2 Å². The first-order valence-electron chi connectivity index (χ1n) is 11.3. The van der Waals surface area contributed by atoms with Crippen molar-refractivity contribution in [2.45, 2.75) is 18.9 Å². The van der Waals surface area contributed by atoms with Crippen molar-refractivity contribution in [3.05, 3.63) is 47.2 Å². The van der Waals surface area contributed by atoms with Crippen LogP contribution in [0.15, 0.2) is 41.7 Å². The van der Waals surface area contributed by atoms with Gasteiger partial charge in [0.15, 0.2) is 0 Å². The Balaban J connectivity index is 1.14. The molecule has 8 nitrogen and oxygen atoms in total. The summed E-state index contributed by atoms with van der Waals surface area (Å²) in [5.41, 5.74) is 6.33. The number of amides is 2. The van der Waals surface area contributed by atoms with E-state index in [-0.39, 0.29) is 12.1 Å². The van der Waals surface area contributed by atoms with Gasteiger partial charge in [0.05, 0.1) is 21.8 Å². The molecule has 2 N–H and O–H groups in total. The predicted octanol–water partition coefficient (Wildman–Crippen LogP) is 3.97. The average Bonchev–Trinajstić information content (AvgIpc) is 3.52. The van der Waals surface area contributed by atoms with Gasteiger partial charge in [-0.25, -0.2) is 19.7 Å². The van der Waals surface area contributed by atoms with Gasteiger partial charge >= 0.3 is 6.03 Å². The number of nitrogens with zero attached hydrogens (tertiary/aromatic N) is 5. The van der Waals surface area contributed by atoms with Crippen molar-refractivity contribution in [1.29, 1.82) is 0 Å². The lowest BCUT2D eigenvalue weighted by Gasteiger charge is -2.35. The first-order valence-corrected chi connectivity index (χ1v) is 13.3. The summed E-state index contributed by atoms with van der Waals surface area (Å²) in [6.07, 6.45) is 5.55. The van der Waals surface area contributed by atoms with E-state index in [1.54, 1.807) is 17.7 Å². The van der Waals surface area contributed by atoms with Gasteiger partial charge in [-0.15, -0.1) is 11.3 Å². The van der Waals surface area contributed by atoms with Crippen LogP contribution in [0.3, 0.4) is 0 Å². The molecule has 0 aliphatic carbocycles. The van der Waals surface area contributed by atoms with Crippen LogP contribution in [-0.4, -0.2) is 74.5 Å². The molecule has 10 heteroatoms. The normalized spacial score (nSPS) is 20.4. The first-order chi connectivity index (χ1) is 16.2. The number of fused-ring (bicyclic) bond motifs is 2. The van der Waals surface area contributed by atoms with Crippen molar-refractivity contribution in [3.8, 4) is 0 Å². The van der Waals surface area contributed by atoms with Crippen LogP contribution in [0.1, 0.15) is 12.0 Å². The number of urea groups is 1. The molecular weight excluding hydrogens is 454 g/mol. The Morgan fingerprint density at radius 3 is 2.88 bits per heavy atom. The molecule has 3 aliphatic rings. The van der Waals surface area contributed by atoms with Gasteiger partial charge in [0.1, 0.15) is 18.0 Å². The summed E-state index contributed by atoms with van der Waals surface area (Å²) in [4.78, 5) is 30.1. The summed E-state index contributed by atoms with van der Waals surface area (Å²) in [5.74, 6) is 3.82. The van der Waals surface area contributed by atoms with E-state index >= 15 is 0 Å². The third-order valence-electron chi connectivity index (χ3n) is 6.50. The molecule has 1 unspecified atom stereocenters. The van der Waals surface area contributed by atoms with Crippen LogP contribution in [0.4, 0.5) is 22.1 Å². The van der Waals surface area contributed by atoms with E-state index in [4.69, 9.17) is 0 Å². The summed E-state index contributed by atoms with van der Waals surface area (Å²) in [7, 11) is 0. The van der Waals surface area contributed by atoms with Gasteiger partial charge in [0.25, 0.3) is 0 Å². The number of carbonyl (C=O) groups is 1. The lowest BCUT2D eigenvalue weighted by molar-refractivity contribution is 0.160. The maximum atomic E-state index is 12.8. The van der Waals surface area contributed by atoms with Crippen molar-refractivity contribution >= 4 is 56.7 Å². The number of hydrogen-bond acceptors (Lipinski definition) is 8. The molecule has 2 aromatic heterocycles. The Bertz CT molecular complexity index is 1220. The van der Waals surface area contributed by atoms with Gasteiger partial charge in [-0.1, -0.05) is 6.08 Å². The second-order valence-electron chi connectivity index (χ2n) is 8.47. The highest BCUT2D eigenvalue weighted by Gasteiger charge is 2.31. The molecule has 33 heavy (non-hydrogen) atoms. The molecule has 170 valence electrons. The van der Waals surface area contributed by atoms with E-state index in [1.807, 2.05) is 39.2 Å². The molecule has 2 amide bonds. The summed E-state index contributed by atoms with van der Waals surface area (Å²) in [5, 5.41) is 7.06. The minimum absolute atomic E-state index is 0.184. The predicted molar refractivity (Wildman–Crippen MR) is 135 cm³/mol. The average molecular weight is 480 g/mol. The summed E-state index contributed by atoms with van der Waals surface area (Å²) in [6.45, 7) is 3.17. The fourth-order valence-corrected chi connectivity index (χ4v) is 6.30. The summed E-state index contributed by atoms with van der Waals surface area (Å²) >= 11 is 3.56. The zero-order chi connectivity index (χ0) is 22.2. The molecule has 3 aromatic rings. The molecule has 1 atom stereocenters. The van der Waals surface area contributed by atoms with E-state index in [9.17, 15) is 4.79 Å². The molecule has 0 bridgehead atoms. The Labute approximate surface area is 200 Å². The third kappa shape index (κ3) is 4.13. The fourth-order valence-electron chi connectivity index (χ4n) is 4.68. The van der Waals surface area contributed by atoms with Crippen LogP contribution in [-0.2, 0) is 6.42 Å². The maximum Gasteiger partial charge on any atom is 0.320 e. The molecule has 5 heterocycles. The quantitative estimate of drug-likeness (QED) is 0.550. The number of thioether (sulfide) groups is 1. The molecule has 0 radical (unpaired) electrons. The summed E-state index contributed by atoms with van der Waals surface area (Å²) in [6, 6.07) is 6.55. The molecule has 1 aromatic carbocycles. The van der Waals surface area contributed by atoms with Crippen molar-refractivity contribution in [1.82, 2.24) is 24.8 Å². The number of anilines is 3. The van der Waals surface area contributed by atoms with Gasteiger partial charge in [-0.2, -0.15) is 11.8 Å². The fraction of sp³-hybridized carbons (Fsp3) is 0.391. The molecule has 3 aliphatic heterocycles. The minimum atomic E-state index is 0.184. The van der Waals surface area contributed by atoms with Crippen LogP contribution < -0.4 is 10.6 Å². The number of hydrogen-bond donors (Lipinski definition) is 2. The lowest BCUT2D eigenvalue weighted by Crippen LogP contribution is -2.48. The molecule has 0 spiro atoms. The van der Waals surface area contributed by atoms with Gasteiger partial charge in [-0.05, 0) is 30.2 Å². The van der Waals surface area contributed by atoms with E-state index in [1.165, 1.54) is 5.57 Å². The number of benzene rings is 1. The Hall–Kier alpha value is -2.85. The highest BCUT2D eigenvalue weighted by Crippen LogP contribution is 2.34. The molecular formula is C23H25N7OS2. The molecule has 6 rings (SSSR count). The number of thiazole rings is 1. The van der Waals surface area contributed by atoms with Crippen molar-refractivity contribution in [3.63, 3.8) is 0 Å². The van der Waals surface area contributed by atoms with E-state index in [0.717, 1.165) is 77.1 Å². The number of aromatic nitrogens is 3. The van der Waals surface area contributed by atoms with E-state index in [2.05, 4.69) is 37.7 Å². The van der Waals surface area contributed by atoms with Crippen LogP contribution in [0.2, 0.25) is 0 Å². The highest BCUT2D eigenvalue weighted by atomic mass is 32.2. The largest absolute Gasteiger partial charge is 0.363 e. The minimum Gasteiger partial charge on any atom is -0.363 e. The highest BCUT2D eigenvalue weighted by molar-refractivity contribution is 7.99. The number of rotatable bonds is 3. The zero-order valence-corrected chi connectivity index (χ0v) is 19.8. The van der Waals surface area contributed by atoms with Crippen molar-refractivity contribution in [2.75, 3.05) is 48.3 Å². The second kappa shape index (κ2) is 8.83. The number of nitrogens with one attached hydrogen (secondary N) is 2. The molecule has 1 fully saturated rings. The topological polar surface area (TPSA) is 86.3 Å². The van der Waals surface area contributed by atoms with Gasteiger partial charge in [-0.3, -0.25) is 0 Å². The van der Waals surface area contributed by atoms with Crippen LogP contribution >= 0.6 is 23.1 Å². The Kier molecular flexibility index (Phi) is 5.55. The maximum absolute atomic E-state index is 12.8. The third-order valence-corrected chi connectivity index (χ3v) is 8.24. The van der Waals surface area contributed by atoms with E-state index < -0.39 is 0 Å². The van der Waals surface area contributed by atoms with Gasteiger partial charge in [0, 0.05) is 55.4 Å². The standard InChI is InChI=1S/C23H25N7OS2/c31-23(30-7-9-32-10-8-30)29-5-3-15(4-6-29)19-12-17-21(24-13-25-22(17)28-19)27-16-1-2-18-20(11-16)33-14-26-18/h1-3,11,13-14,19H,4-10,12H2,(H2,24,25,27,28). The van der Waals surface area contributed by atoms with Crippen molar-refractivity contribution < 1.29 is 4.79 Å². The number of carbonyl (C=O) groups excluding carboxylic acids is 1. The van der Waals surface area contributed by atoms with Gasteiger partial charge in [0.2, 0.25) is 0 Å². The van der Waals surface area contributed by atoms with Crippen LogP contribution in [0.5, 0.6) is 0 Å². The first kappa shape index (κ1) is 20.7. The zero-order valence-electron chi connectivity index (χ0n) is 18.2. The molecule has 0 saturated carbocycles. The smallest absolute Gasteiger partial charge is 0.320 e. The lowest BCUT2D eigenvalue weighted by atomic mass is 9.97. The Morgan fingerprint density at radius 2 is 2.03 bits per heavy atom. The molecule has 1 saturated heterocycles. The van der Waals surface area contributed by atoms with Gasteiger partial charge < -0.3 is 20.4 Å². The van der Waals surface area contributed by atoms with Crippen molar-refractivity contribution in [2.24, 2.45) is 0 Å². The summed E-state index contributed by atoms with van der Waals surface area (Å²) < 4.78 is 1.15. The second-order valence-corrected chi connectivity index (χ2v) is 10.6. The monoisotopic (exact) mass is 479 g/mol. The van der Waals surface area contributed by atoms with Crippen LogP contribution in [0, 0.1) is 0 Å². The SMILES string of the molecule is O=C(N1CC=C(C2Cc3c(Nc4ccc5ncsc5c4)ncnc3N2)CC1)N1CCSCC1. The van der Waals surface area contributed by atoms with E-state index in [0.29, 0.717) is 6.54 Å².